The maximum atomic E-state index is 10.3. The van der Waals surface area contributed by atoms with Crippen LogP contribution in [0.1, 0.15) is 92.1 Å². The Bertz CT molecular complexity index is 1150. The van der Waals surface area contributed by atoms with E-state index in [1.807, 2.05) is 18.3 Å². The van der Waals surface area contributed by atoms with Crippen LogP contribution in [-0.2, 0) is 4.74 Å². The van der Waals surface area contributed by atoms with E-state index in [0.29, 0.717) is 11.5 Å². The van der Waals surface area contributed by atoms with Crippen molar-refractivity contribution >= 4 is 0 Å². The normalized spacial score (nSPS) is 18.7. The molecule has 7 nitrogen and oxygen atoms in total. The summed E-state index contributed by atoms with van der Waals surface area (Å²) in [4.78, 5) is 2.18. The molecule has 1 aromatic carbocycles. The largest absolute Gasteiger partial charge is 0.424 e. The van der Waals surface area contributed by atoms with Crippen LogP contribution in [0.5, 0.6) is 0 Å². The van der Waals surface area contributed by atoms with Crippen LogP contribution in [-0.4, -0.2) is 32.5 Å². The van der Waals surface area contributed by atoms with Gasteiger partial charge in [0.1, 0.15) is 11.6 Å². The van der Waals surface area contributed by atoms with Gasteiger partial charge in [-0.25, -0.2) is 4.68 Å². The summed E-state index contributed by atoms with van der Waals surface area (Å²) in [6.45, 7) is 15.7. The zero-order chi connectivity index (χ0) is 27.4. The minimum atomic E-state index is -0.302. The Morgan fingerprint density at radius 2 is 1.84 bits per heavy atom. The number of aromatic nitrogens is 3. The Kier molecular flexibility index (Phi) is 8.73. The predicted octanol–water partition coefficient (Wildman–Crippen LogP) is 6.65. The van der Waals surface area contributed by atoms with Crippen LogP contribution >= 0.6 is 0 Å². The predicted molar refractivity (Wildman–Crippen MR) is 148 cm³/mol. The number of nitrogens with zero attached hydrogens (tertiary/aromatic N) is 5. The lowest BCUT2D eigenvalue weighted by molar-refractivity contribution is 0.0821. The molecule has 1 aromatic heterocycles. The number of unbranched alkanes of at least 4 members (excludes halogenated alkanes) is 1. The molecule has 0 radical (unpaired) electrons. The van der Waals surface area contributed by atoms with Crippen molar-refractivity contribution in [2.24, 2.45) is 17.1 Å². The first-order chi connectivity index (χ1) is 17.5. The smallest absolute Gasteiger partial charge is 0.207 e. The van der Waals surface area contributed by atoms with E-state index in [2.05, 4.69) is 88.9 Å². The first-order valence-corrected chi connectivity index (χ1v) is 13.5. The highest BCUT2D eigenvalue weighted by atomic mass is 16.5. The van der Waals surface area contributed by atoms with E-state index < -0.39 is 0 Å². The molecule has 0 saturated carbocycles. The number of ether oxygens (including phenoxy) is 1. The van der Waals surface area contributed by atoms with Gasteiger partial charge in [-0.1, -0.05) is 64.3 Å². The van der Waals surface area contributed by atoms with Crippen LogP contribution in [0.4, 0.5) is 0 Å². The Hall–Kier alpha value is -3.27. The number of benzene rings is 1. The third-order valence-electron chi connectivity index (χ3n) is 8.09. The second kappa shape index (κ2) is 11.4. The number of nitriles is 1. The van der Waals surface area contributed by atoms with Gasteiger partial charge in [0.15, 0.2) is 5.88 Å². The molecular weight excluding hydrogens is 460 g/mol. The number of hydrogen-bond donors (Lipinski definition) is 1. The number of nitrogens with two attached hydrogens (primary N) is 1. The van der Waals surface area contributed by atoms with Crippen molar-refractivity contribution in [1.82, 2.24) is 19.9 Å². The highest BCUT2D eigenvalue weighted by Crippen LogP contribution is 2.54. The molecule has 200 valence electrons. The highest BCUT2D eigenvalue weighted by molar-refractivity contribution is 5.52. The first kappa shape index (κ1) is 28.3. The van der Waals surface area contributed by atoms with Crippen molar-refractivity contribution < 1.29 is 4.74 Å². The molecule has 0 saturated heterocycles. The van der Waals surface area contributed by atoms with Crippen molar-refractivity contribution in [1.29, 1.82) is 5.26 Å². The Balaban J connectivity index is 2.29. The van der Waals surface area contributed by atoms with Gasteiger partial charge in [0.25, 0.3) is 0 Å². The number of rotatable bonds is 10. The summed E-state index contributed by atoms with van der Waals surface area (Å²) in [7, 11) is 2.06. The van der Waals surface area contributed by atoms with Crippen molar-refractivity contribution in [2.45, 2.75) is 92.0 Å². The maximum Gasteiger partial charge on any atom is 0.207 e. The molecule has 3 atom stereocenters. The average Bonchev–Trinajstić information content (AvgIpc) is 3.40. The fourth-order valence-corrected chi connectivity index (χ4v) is 5.37. The zero-order valence-electron chi connectivity index (χ0n) is 23.9. The molecule has 7 heteroatoms. The van der Waals surface area contributed by atoms with Crippen LogP contribution in [0, 0.1) is 22.7 Å². The highest BCUT2D eigenvalue weighted by Gasteiger charge is 2.47. The Morgan fingerprint density at radius 1 is 1.16 bits per heavy atom. The molecule has 2 N–H and O–H groups in total. The summed E-state index contributed by atoms with van der Waals surface area (Å²) >= 11 is 0. The van der Waals surface area contributed by atoms with Crippen LogP contribution in [0.3, 0.4) is 0 Å². The van der Waals surface area contributed by atoms with E-state index in [1.165, 1.54) is 6.42 Å². The lowest BCUT2D eigenvalue weighted by Gasteiger charge is -2.47. The minimum Gasteiger partial charge on any atom is -0.424 e. The first-order valence-electron chi connectivity index (χ1n) is 13.5. The van der Waals surface area contributed by atoms with E-state index in [1.54, 1.807) is 10.9 Å². The van der Waals surface area contributed by atoms with E-state index in [0.717, 1.165) is 48.4 Å². The molecular formula is C30H44N6O. The summed E-state index contributed by atoms with van der Waals surface area (Å²) in [5.74, 6) is 1.05. The van der Waals surface area contributed by atoms with Crippen molar-refractivity contribution in [3.63, 3.8) is 0 Å². The van der Waals surface area contributed by atoms with Gasteiger partial charge in [-0.2, -0.15) is 5.26 Å². The van der Waals surface area contributed by atoms with Crippen molar-refractivity contribution in [2.75, 3.05) is 7.05 Å². The summed E-state index contributed by atoms with van der Waals surface area (Å²) in [6, 6.07) is 10.6. The topological polar surface area (TPSA) is 93.0 Å². The second-order valence-corrected chi connectivity index (χ2v) is 11.5. The second-order valence-electron chi connectivity index (χ2n) is 11.5. The molecule has 37 heavy (non-hydrogen) atoms. The molecule has 2 heterocycles. The van der Waals surface area contributed by atoms with Crippen LogP contribution < -0.4 is 5.73 Å². The Morgan fingerprint density at radius 3 is 2.35 bits per heavy atom. The van der Waals surface area contributed by atoms with Gasteiger partial charge >= 0.3 is 0 Å². The lowest BCUT2D eigenvalue weighted by atomic mass is 9.61. The standard InChI is InChI=1S/C30H44N6O/c1-9-11-12-21(3)30(7,17-10-2)26-25(22-13-15-23(16-14-22)36-19-18-33-34-36)24(20-31)27(32)37-28(26)35(8)29(4,5)6/h13-16,18-19,21,25H,9-12,17,32H2,1-8H3. The van der Waals surface area contributed by atoms with Crippen molar-refractivity contribution in [3.05, 3.63) is 65.1 Å². The summed E-state index contributed by atoms with van der Waals surface area (Å²) in [5, 5.41) is 18.4. The fourth-order valence-electron chi connectivity index (χ4n) is 5.37. The van der Waals surface area contributed by atoms with Crippen molar-refractivity contribution in [3.8, 4) is 11.8 Å². The summed E-state index contributed by atoms with van der Waals surface area (Å²) in [6.07, 6.45) is 8.93. The average molecular weight is 505 g/mol. The van der Waals surface area contributed by atoms with Gasteiger partial charge in [-0.3, -0.25) is 0 Å². The van der Waals surface area contributed by atoms with E-state index in [4.69, 9.17) is 10.5 Å². The third-order valence-corrected chi connectivity index (χ3v) is 8.09. The van der Waals surface area contributed by atoms with Gasteiger partial charge in [0, 0.05) is 18.2 Å². The minimum absolute atomic E-state index is 0.183. The number of hydrogen-bond acceptors (Lipinski definition) is 6. The molecule has 0 amide bonds. The van der Waals surface area contributed by atoms with Crippen LogP contribution in [0.15, 0.2) is 59.6 Å². The van der Waals surface area contributed by atoms with Gasteiger partial charge in [0.2, 0.25) is 5.88 Å². The molecule has 1 aliphatic rings. The lowest BCUT2D eigenvalue weighted by Crippen LogP contribution is -2.44. The van der Waals surface area contributed by atoms with Gasteiger partial charge in [0.05, 0.1) is 24.0 Å². The molecule has 3 unspecified atom stereocenters. The van der Waals surface area contributed by atoms with E-state index >= 15 is 0 Å². The Labute approximate surface area is 223 Å². The zero-order valence-corrected chi connectivity index (χ0v) is 23.9. The fraction of sp³-hybridized carbons (Fsp3) is 0.567. The SMILES string of the molecule is CCCCC(C)C(C)(CCC)C1=C(N(C)C(C)(C)C)OC(N)=C(C#N)C1c1ccc(-n2ccnn2)cc1. The molecule has 0 aliphatic carbocycles. The maximum absolute atomic E-state index is 10.3. The molecule has 2 aromatic rings. The van der Waals surface area contributed by atoms with Crippen LogP contribution in [0.2, 0.25) is 0 Å². The third kappa shape index (κ3) is 5.69. The molecule has 0 spiro atoms. The van der Waals surface area contributed by atoms with Crippen LogP contribution in [0.25, 0.3) is 5.69 Å². The molecule has 1 aliphatic heterocycles. The molecule has 0 fully saturated rings. The quantitative estimate of drug-likeness (QED) is 0.389. The molecule has 3 rings (SSSR count). The molecule has 0 bridgehead atoms. The number of allylic oxidation sites excluding steroid dienone is 2. The van der Waals surface area contributed by atoms with E-state index in [-0.39, 0.29) is 22.8 Å². The summed E-state index contributed by atoms with van der Waals surface area (Å²) in [5.41, 5.74) is 9.63. The van der Waals surface area contributed by atoms with E-state index in [9.17, 15) is 5.26 Å². The van der Waals surface area contributed by atoms with Gasteiger partial charge in [-0.05, 0) is 62.6 Å². The van der Waals surface area contributed by atoms with Gasteiger partial charge < -0.3 is 15.4 Å². The monoisotopic (exact) mass is 504 g/mol. The van der Waals surface area contributed by atoms with Gasteiger partial charge in [-0.15, -0.1) is 5.10 Å². The summed E-state index contributed by atoms with van der Waals surface area (Å²) < 4.78 is 8.12.